The Morgan fingerprint density at radius 1 is 1.33 bits per heavy atom. The van der Waals surface area contributed by atoms with Gasteiger partial charge in [-0.05, 0) is 6.26 Å². The summed E-state index contributed by atoms with van der Waals surface area (Å²) >= 11 is 6.66. The number of hydrogen-bond donors (Lipinski definition) is 2. The Kier molecular flexibility index (Phi) is 6.09. The third-order valence-electron chi connectivity index (χ3n) is 4.14. The van der Waals surface area contributed by atoms with E-state index in [4.69, 9.17) is 31.2 Å². The van der Waals surface area contributed by atoms with E-state index in [1.165, 1.54) is 18.9 Å². The molecule has 0 radical (unpaired) electrons. The minimum absolute atomic E-state index is 0.347. The van der Waals surface area contributed by atoms with Gasteiger partial charge in [-0.25, -0.2) is 0 Å². The molecule has 1 aromatic carbocycles. The molecule has 3 rings (SSSR count). The van der Waals surface area contributed by atoms with Gasteiger partial charge in [0.1, 0.15) is 22.6 Å². The molecule has 132 valence electrons. The molecule has 0 spiro atoms. The zero-order valence-corrected chi connectivity index (χ0v) is 15.1. The van der Waals surface area contributed by atoms with E-state index < -0.39 is 30.8 Å². The van der Waals surface area contributed by atoms with Crippen LogP contribution >= 0.6 is 24.0 Å². The lowest BCUT2D eigenvalue weighted by atomic mass is 9.95. The van der Waals surface area contributed by atoms with Crippen LogP contribution in [0.4, 0.5) is 0 Å². The normalized spacial score (nSPS) is 36.0. The molecule has 2 aliphatic heterocycles. The van der Waals surface area contributed by atoms with Gasteiger partial charge < -0.3 is 29.4 Å². The Bertz CT molecular complexity index is 561. The molecule has 2 N–H and O–H groups in total. The predicted octanol–water partition coefficient (Wildman–Crippen LogP) is 1.44. The minimum atomic E-state index is -0.907. The number of fused-ring (bicyclic) bond motifs is 1. The van der Waals surface area contributed by atoms with Crippen molar-refractivity contribution >= 4 is 28.3 Å². The maximum absolute atomic E-state index is 10.6. The van der Waals surface area contributed by atoms with E-state index in [1.54, 1.807) is 0 Å². The molecule has 0 aliphatic carbocycles. The fourth-order valence-electron chi connectivity index (χ4n) is 2.94. The van der Waals surface area contributed by atoms with Gasteiger partial charge in [0, 0.05) is 12.7 Å². The fraction of sp³-hybridized carbons (Fsp3) is 0.562. The number of methoxy groups -OCH3 is 1. The van der Waals surface area contributed by atoms with Crippen LogP contribution in [0.25, 0.3) is 0 Å². The van der Waals surface area contributed by atoms with Crippen LogP contribution in [-0.2, 0) is 18.9 Å². The van der Waals surface area contributed by atoms with Crippen molar-refractivity contribution in [3.05, 3.63) is 35.9 Å². The largest absolute Gasteiger partial charge is 0.386 e. The van der Waals surface area contributed by atoms with Crippen molar-refractivity contribution in [2.75, 3.05) is 20.0 Å². The number of aliphatic hydroxyl groups excluding tert-OH is 1. The summed E-state index contributed by atoms with van der Waals surface area (Å²) in [5.74, 6) is 0. The molecule has 6 atom stereocenters. The molecular weight excluding hydrogens is 350 g/mol. The Labute approximate surface area is 150 Å². The van der Waals surface area contributed by atoms with Gasteiger partial charge in [-0.15, -0.1) is 11.8 Å². The fourth-order valence-corrected chi connectivity index (χ4v) is 3.33. The molecule has 2 saturated heterocycles. The van der Waals surface area contributed by atoms with Crippen molar-refractivity contribution < 1.29 is 24.1 Å². The average Bonchev–Trinajstić information content (AvgIpc) is 2.64. The minimum Gasteiger partial charge on any atom is -0.386 e. The standard InChI is InChI=1S/C16H21NO5S2/c1-19-15-12(18)11(17-16(23)24-2)13-10(21-15)8-20-14(22-13)9-6-4-3-5-7-9/h3-7,10-15,18H,8H2,1-2H3,(H,17,23). The highest BCUT2D eigenvalue weighted by molar-refractivity contribution is 8.22. The van der Waals surface area contributed by atoms with Gasteiger partial charge in [-0.1, -0.05) is 42.5 Å². The molecule has 6 nitrogen and oxygen atoms in total. The van der Waals surface area contributed by atoms with E-state index in [0.29, 0.717) is 10.9 Å². The van der Waals surface area contributed by atoms with Crippen LogP contribution in [0.1, 0.15) is 11.9 Å². The third kappa shape index (κ3) is 3.75. The highest BCUT2D eigenvalue weighted by Crippen LogP contribution is 2.34. The monoisotopic (exact) mass is 371 g/mol. The van der Waals surface area contributed by atoms with Crippen LogP contribution in [0, 0.1) is 0 Å². The maximum Gasteiger partial charge on any atom is 0.185 e. The Morgan fingerprint density at radius 2 is 2.08 bits per heavy atom. The van der Waals surface area contributed by atoms with Crippen molar-refractivity contribution in [3.63, 3.8) is 0 Å². The second-order valence-corrected chi connectivity index (χ2v) is 7.09. The molecule has 2 fully saturated rings. The summed E-state index contributed by atoms with van der Waals surface area (Å²) in [6, 6.07) is 9.24. The van der Waals surface area contributed by atoms with Crippen LogP contribution in [0.15, 0.2) is 30.3 Å². The lowest BCUT2D eigenvalue weighted by molar-refractivity contribution is -0.339. The summed E-state index contributed by atoms with van der Waals surface area (Å²) < 4.78 is 23.5. The Balaban J connectivity index is 1.80. The summed E-state index contributed by atoms with van der Waals surface area (Å²) in [5.41, 5.74) is 0.922. The van der Waals surface area contributed by atoms with E-state index in [0.717, 1.165) is 5.56 Å². The van der Waals surface area contributed by atoms with Crippen molar-refractivity contribution in [3.8, 4) is 0 Å². The van der Waals surface area contributed by atoms with Gasteiger partial charge in [0.05, 0.1) is 12.6 Å². The molecule has 0 saturated carbocycles. The van der Waals surface area contributed by atoms with Gasteiger partial charge in [0.15, 0.2) is 12.6 Å². The Morgan fingerprint density at radius 3 is 2.75 bits per heavy atom. The van der Waals surface area contributed by atoms with Gasteiger partial charge in [0.2, 0.25) is 0 Å². The molecule has 2 aliphatic rings. The average molecular weight is 371 g/mol. The Hall–Kier alpha value is -0.740. The van der Waals surface area contributed by atoms with Gasteiger partial charge >= 0.3 is 0 Å². The third-order valence-corrected chi connectivity index (χ3v) is 5.25. The topological polar surface area (TPSA) is 69.2 Å². The molecular formula is C16H21NO5S2. The summed E-state index contributed by atoms with van der Waals surface area (Å²) in [4.78, 5) is 0. The first-order valence-corrected chi connectivity index (χ1v) is 9.30. The molecule has 6 unspecified atom stereocenters. The summed E-state index contributed by atoms with van der Waals surface area (Å²) in [5, 5.41) is 13.7. The SMILES string of the molecule is COC1OC2COC(c3ccccc3)OC2C(NC(=S)SC)C1O. The molecule has 0 bridgehead atoms. The van der Waals surface area contributed by atoms with E-state index in [1.807, 2.05) is 36.6 Å². The van der Waals surface area contributed by atoms with Crippen LogP contribution in [0.2, 0.25) is 0 Å². The first-order valence-electron chi connectivity index (χ1n) is 7.67. The van der Waals surface area contributed by atoms with Crippen LogP contribution < -0.4 is 5.32 Å². The zero-order valence-electron chi connectivity index (χ0n) is 13.5. The van der Waals surface area contributed by atoms with Crippen molar-refractivity contribution in [1.82, 2.24) is 5.32 Å². The summed E-state index contributed by atoms with van der Waals surface area (Å²) in [7, 11) is 1.50. The van der Waals surface area contributed by atoms with Crippen molar-refractivity contribution in [2.45, 2.75) is 36.9 Å². The number of benzene rings is 1. The molecule has 0 aromatic heterocycles. The van der Waals surface area contributed by atoms with Crippen molar-refractivity contribution in [1.29, 1.82) is 0 Å². The van der Waals surface area contributed by atoms with Gasteiger partial charge in [0.25, 0.3) is 0 Å². The number of nitrogens with one attached hydrogen (secondary N) is 1. The van der Waals surface area contributed by atoms with Crippen LogP contribution in [0.5, 0.6) is 0 Å². The lowest BCUT2D eigenvalue weighted by Gasteiger charge is -2.48. The number of aliphatic hydroxyl groups is 1. The van der Waals surface area contributed by atoms with Crippen molar-refractivity contribution in [2.24, 2.45) is 0 Å². The number of hydrogen-bond acceptors (Lipinski definition) is 7. The van der Waals surface area contributed by atoms with Crippen LogP contribution in [0.3, 0.4) is 0 Å². The molecule has 0 amide bonds. The number of thioether (sulfide) groups is 1. The quantitative estimate of drug-likeness (QED) is 0.774. The zero-order chi connectivity index (χ0) is 17.1. The lowest BCUT2D eigenvalue weighted by Crippen LogP contribution is -2.66. The van der Waals surface area contributed by atoms with Gasteiger partial charge in [-0.2, -0.15) is 0 Å². The first kappa shape index (κ1) is 18.1. The summed E-state index contributed by atoms with van der Waals surface area (Å²) in [6.45, 7) is 0.348. The molecule has 8 heteroatoms. The second-order valence-electron chi connectivity index (χ2n) is 5.61. The predicted molar refractivity (Wildman–Crippen MR) is 94.7 cm³/mol. The van der Waals surface area contributed by atoms with E-state index in [-0.39, 0.29) is 6.10 Å². The van der Waals surface area contributed by atoms with E-state index in [9.17, 15) is 5.11 Å². The number of thiocarbonyl (C=S) groups is 1. The van der Waals surface area contributed by atoms with Gasteiger partial charge in [-0.3, -0.25) is 0 Å². The highest BCUT2D eigenvalue weighted by Gasteiger charge is 2.49. The molecule has 1 aromatic rings. The second kappa shape index (κ2) is 8.09. The number of ether oxygens (including phenoxy) is 4. The maximum atomic E-state index is 10.6. The smallest absolute Gasteiger partial charge is 0.185 e. The van der Waals surface area contributed by atoms with E-state index >= 15 is 0 Å². The molecule has 2 heterocycles. The summed E-state index contributed by atoms with van der Waals surface area (Å²) in [6.07, 6.45) is -1.04. The molecule has 24 heavy (non-hydrogen) atoms. The number of rotatable bonds is 3. The highest BCUT2D eigenvalue weighted by atomic mass is 32.2. The van der Waals surface area contributed by atoms with Crippen LogP contribution in [-0.4, -0.2) is 60.0 Å². The van der Waals surface area contributed by atoms with E-state index in [2.05, 4.69) is 5.32 Å². The first-order chi connectivity index (χ1) is 11.6.